The summed E-state index contributed by atoms with van der Waals surface area (Å²) in [5.74, 6) is -0.748. The predicted octanol–water partition coefficient (Wildman–Crippen LogP) is 7.15. The van der Waals surface area contributed by atoms with Crippen LogP contribution < -0.4 is 9.80 Å². The largest absolute Gasteiger partial charge is 0.457 e. The molecule has 4 aromatic rings. The Labute approximate surface area is 217 Å². The van der Waals surface area contributed by atoms with Crippen molar-refractivity contribution in [2.75, 3.05) is 9.80 Å². The molecule has 0 spiro atoms. The molecule has 5 rings (SSSR count). The number of amides is 4. The summed E-state index contributed by atoms with van der Waals surface area (Å²) in [6, 6.07) is 23.0. The number of para-hydroxylation sites is 1. The second-order valence-electron chi connectivity index (χ2n) is 8.12. The lowest BCUT2D eigenvalue weighted by atomic mass is 10.1. The summed E-state index contributed by atoms with van der Waals surface area (Å²) in [6.07, 6.45) is 1.34. The minimum Gasteiger partial charge on any atom is -0.457 e. The van der Waals surface area contributed by atoms with E-state index >= 15 is 0 Å². The van der Waals surface area contributed by atoms with Crippen molar-refractivity contribution in [3.8, 4) is 11.3 Å². The lowest BCUT2D eigenvalue weighted by Gasteiger charge is -2.33. The van der Waals surface area contributed by atoms with Gasteiger partial charge in [-0.3, -0.25) is 9.59 Å². The van der Waals surface area contributed by atoms with Crippen molar-refractivity contribution in [3.05, 3.63) is 112 Å². The summed E-state index contributed by atoms with van der Waals surface area (Å²) in [4.78, 5) is 42.3. The number of halogens is 2. The van der Waals surface area contributed by atoms with Crippen LogP contribution in [0.2, 0.25) is 10.0 Å². The summed E-state index contributed by atoms with van der Waals surface area (Å²) in [7, 11) is 0. The molecule has 178 valence electrons. The van der Waals surface area contributed by atoms with Gasteiger partial charge in [0.25, 0.3) is 11.8 Å². The van der Waals surface area contributed by atoms with Gasteiger partial charge in [0.1, 0.15) is 17.1 Å². The van der Waals surface area contributed by atoms with Gasteiger partial charge in [-0.1, -0.05) is 59.1 Å². The third-order valence-electron chi connectivity index (χ3n) is 5.67. The monoisotopic (exact) mass is 516 g/mol. The zero-order chi connectivity index (χ0) is 25.4. The molecule has 6 nitrogen and oxygen atoms in total. The lowest BCUT2D eigenvalue weighted by molar-refractivity contribution is -0.121. The minimum atomic E-state index is -0.756. The number of carbonyl (C=O) groups is 3. The van der Waals surface area contributed by atoms with E-state index in [1.807, 2.05) is 6.92 Å². The Hall–Kier alpha value is -4.13. The first-order valence-electron chi connectivity index (χ1n) is 10.9. The fourth-order valence-electron chi connectivity index (χ4n) is 3.83. The van der Waals surface area contributed by atoms with Gasteiger partial charge in [-0.2, -0.15) is 0 Å². The number of benzene rings is 3. The highest BCUT2D eigenvalue weighted by Gasteiger charge is 2.43. The third-order valence-corrected chi connectivity index (χ3v) is 6.41. The smallest absolute Gasteiger partial charge is 0.343 e. The van der Waals surface area contributed by atoms with Gasteiger partial charge in [-0.05, 0) is 67.6 Å². The molecule has 1 aliphatic rings. The van der Waals surface area contributed by atoms with Crippen molar-refractivity contribution in [3.63, 3.8) is 0 Å². The van der Waals surface area contributed by atoms with E-state index in [9.17, 15) is 14.4 Å². The number of hydrogen-bond donors (Lipinski definition) is 0. The average Bonchev–Trinajstić information content (AvgIpc) is 3.34. The number of furan rings is 1. The fourth-order valence-corrected chi connectivity index (χ4v) is 4.13. The second-order valence-corrected chi connectivity index (χ2v) is 8.94. The number of urea groups is 1. The Balaban J connectivity index is 1.58. The Kier molecular flexibility index (Phi) is 6.22. The molecule has 0 bridgehead atoms. The van der Waals surface area contributed by atoms with Crippen LogP contribution in [0.4, 0.5) is 16.2 Å². The van der Waals surface area contributed by atoms with Crippen LogP contribution >= 0.6 is 23.2 Å². The molecule has 0 saturated carbocycles. The second kappa shape index (κ2) is 9.49. The highest BCUT2D eigenvalue weighted by Crippen LogP contribution is 2.32. The van der Waals surface area contributed by atoms with Crippen LogP contribution in [0.1, 0.15) is 11.3 Å². The van der Waals surface area contributed by atoms with Crippen LogP contribution in [0.25, 0.3) is 17.4 Å². The van der Waals surface area contributed by atoms with Gasteiger partial charge in [-0.15, -0.1) is 0 Å². The number of hydrogen-bond acceptors (Lipinski definition) is 4. The summed E-state index contributed by atoms with van der Waals surface area (Å²) >= 11 is 12.1. The van der Waals surface area contributed by atoms with Gasteiger partial charge in [-0.25, -0.2) is 14.6 Å². The topological polar surface area (TPSA) is 70.8 Å². The highest BCUT2D eigenvalue weighted by molar-refractivity contribution is 6.46. The first-order valence-corrected chi connectivity index (χ1v) is 11.7. The molecular weight excluding hydrogens is 499 g/mol. The molecule has 0 unspecified atom stereocenters. The van der Waals surface area contributed by atoms with Crippen LogP contribution in [-0.4, -0.2) is 17.8 Å². The number of imide groups is 2. The maximum absolute atomic E-state index is 13.5. The molecular formula is C28H18Cl2N2O4. The molecule has 2 heterocycles. The van der Waals surface area contributed by atoms with E-state index in [1.54, 1.807) is 84.9 Å². The van der Waals surface area contributed by atoms with Crippen LogP contribution in [0.3, 0.4) is 0 Å². The van der Waals surface area contributed by atoms with Crippen molar-refractivity contribution in [2.24, 2.45) is 0 Å². The molecule has 0 aliphatic carbocycles. The Morgan fingerprint density at radius 2 is 1.36 bits per heavy atom. The van der Waals surface area contributed by atoms with Crippen LogP contribution in [0.15, 0.2) is 94.9 Å². The van der Waals surface area contributed by atoms with Gasteiger partial charge in [0.05, 0.1) is 21.4 Å². The SMILES string of the molecule is Cc1ccc(N2C(=O)/C(=C\c3ccc(-c4ccc(Cl)c(Cl)c4)o3)C(=O)N(c3ccccc3)C2=O)cc1. The highest BCUT2D eigenvalue weighted by atomic mass is 35.5. The third kappa shape index (κ3) is 4.33. The summed E-state index contributed by atoms with van der Waals surface area (Å²) < 4.78 is 5.88. The summed E-state index contributed by atoms with van der Waals surface area (Å²) in [5, 5.41) is 0.781. The number of nitrogens with zero attached hydrogens (tertiary/aromatic N) is 2. The molecule has 0 atom stereocenters. The minimum absolute atomic E-state index is 0.214. The van der Waals surface area contributed by atoms with E-state index < -0.39 is 17.8 Å². The molecule has 0 N–H and O–H groups in total. The van der Waals surface area contributed by atoms with Gasteiger partial charge in [0.2, 0.25) is 0 Å². The predicted molar refractivity (Wildman–Crippen MR) is 140 cm³/mol. The van der Waals surface area contributed by atoms with E-state index in [-0.39, 0.29) is 11.3 Å². The van der Waals surface area contributed by atoms with Crippen molar-refractivity contribution < 1.29 is 18.8 Å². The van der Waals surface area contributed by atoms with Gasteiger partial charge >= 0.3 is 6.03 Å². The number of barbiturate groups is 1. The number of anilines is 2. The maximum atomic E-state index is 13.5. The molecule has 36 heavy (non-hydrogen) atoms. The van der Waals surface area contributed by atoms with Gasteiger partial charge < -0.3 is 4.42 Å². The standard InChI is InChI=1S/C28H18Cl2N2O4/c1-17-7-10-20(11-8-17)32-27(34)22(26(33)31(28(32)35)19-5-3-2-4-6-19)16-21-12-14-25(36-21)18-9-13-23(29)24(30)15-18/h2-16H,1H3/b22-16-. The van der Waals surface area contributed by atoms with E-state index in [2.05, 4.69) is 0 Å². The number of rotatable bonds is 4. The van der Waals surface area contributed by atoms with Crippen molar-refractivity contribution >= 4 is 58.5 Å². The Bertz CT molecular complexity index is 1520. The van der Waals surface area contributed by atoms with Crippen molar-refractivity contribution in [1.29, 1.82) is 0 Å². The summed E-state index contributed by atoms with van der Waals surface area (Å²) in [6.45, 7) is 1.90. The van der Waals surface area contributed by atoms with E-state index in [1.165, 1.54) is 6.08 Å². The Morgan fingerprint density at radius 1 is 0.722 bits per heavy atom. The van der Waals surface area contributed by atoms with Gasteiger partial charge in [0, 0.05) is 5.56 Å². The fraction of sp³-hybridized carbons (Fsp3) is 0.0357. The van der Waals surface area contributed by atoms with Crippen molar-refractivity contribution in [1.82, 2.24) is 0 Å². The molecule has 4 amide bonds. The zero-order valence-corrected chi connectivity index (χ0v) is 20.5. The molecule has 3 aromatic carbocycles. The number of carbonyl (C=O) groups excluding carboxylic acids is 3. The van der Waals surface area contributed by atoms with Crippen LogP contribution in [0.5, 0.6) is 0 Å². The zero-order valence-electron chi connectivity index (χ0n) is 18.9. The molecule has 1 aromatic heterocycles. The maximum Gasteiger partial charge on any atom is 0.343 e. The quantitative estimate of drug-likeness (QED) is 0.213. The normalized spacial score (nSPS) is 15.2. The van der Waals surface area contributed by atoms with Crippen LogP contribution in [-0.2, 0) is 9.59 Å². The van der Waals surface area contributed by atoms with E-state index in [0.29, 0.717) is 32.7 Å². The van der Waals surface area contributed by atoms with E-state index in [0.717, 1.165) is 15.4 Å². The summed E-state index contributed by atoms with van der Waals surface area (Å²) in [5.41, 5.74) is 2.13. The number of aryl methyl sites for hydroxylation is 1. The molecule has 8 heteroatoms. The first-order chi connectivity index (χ1) is 17.3. The molecule has 0 radical (unpaired) electrons. The lowest BCUT2D eigenvalue weighted by Crippen LogP contribution is -2.57. The Morgan fingerprint density at radius 3 is 2.00 bits per heavy atom. The first kappa shape index (κ1) is 23.6. The molecule has 1 saturated heterocycles. The average molecular weight is 517 g/mol. The molecule has 1 aliphatic heterocycles. The van der Waals surface area contributed by atoms with Crippen LogP contribution in [0, 0.1) is 6.92 Å². The van der Waals surface area contributed by atoms with Gasteiger partial charge in [0.15, 0.2) is 0 Å². The van der Waals surface area contributed by atoms with Crippen molar-refractivity contribution in [2.45, 2.75) is 6.92 Å². The molecule has 1 fully saturated rings. The van der Waals surface area contributed by atoms with E-state index in [4.69, 9.17) is 27.6 Å².